The molecule has 0 radical (unpaired) electrons. The van der Waals surface area contributed by atoms with Crippen molar-refractivity contribution >= 4 is 28.6 Å². The minimum absolute atomic E-state index is 0. The zero-order valence-corrected chi connectivity index (χ0v) is 21.5. The van der Waals surface area contributed by atoms with E-state index in [9.17, 15) is 0 Å². The maximum atomic E-state index is 3.30. The molecule has 0 aromatic carbocycles. The molecule has 1 unspecified atom stereocenters. The van der Waals surface area contributed by atoms with Gasteiger partial charge in [-0.15, -0.1) is 31.2 Å². The van der Waals surface area contributed by atoms with Crippen molar-refractivity contribution in [3.05, 3.63) is 47.1 Å². The number of halogens is 2. The number of rotatable bonds is 0. The predicted octanol–water partition coefficient (Wildman–Crippen LogP) is 7.67. The summed E-state index contributed by atoms with van der Waals surface area (Å²) in [6, 6.07) is 0. The average molecular weight is 433 g/mol. The van der Waals surface area contributed by atoms with Crippen LogP contribution in [0.3, 0.4) is 0 Å². The molecule has 2 aliphatic carbocycles. The largest absolute Gasteiger partial charge is 0.147 e. The monoisotopic (exact) mass is 432 g/mol. The van der Waals surface area contributed by atoms with Crippen LogP contribution >= 0.6 is 24.8 Å². The van der Waals surface area contributed by atoms with Gasteiger partial charge in [-0.05, 0) is 5.41 Å². The van der Waals surface area contributed by atoms with Crippen molar-refractivity contribution in [2.75, 3.05) is 0 Å². The molecule has 0 bridgehead atoms. The van der Waals surface area contributed by atoms with Crippen LogP contribution in [0.15, 0.2) is 34.9 Å². The smallest absolute Gasteiger partial charge is 0.147 e. The van der Waals surface area contributed by atoms with Gasteiger partial charge in [0.05, 0.1) is 0 Å². The fourth-order valence-electron chi connectivity index (χ4n) is 2.13. The van der Waals surface area contributed by atoms with Gasteiger partial charge >= 0.3 is 37.6 Å². The van der Waals surface area contributed by atoms with E-state index >= 15 is 0 Å². The molecule has 26 heavy (non-hydrogen) atoms. The van der Waals surface area contributed by atoms with E-state index in [0.717, 1.165) is 6.42 Å². The van der Waals surface area contributed by atoms with E-state index in [0.29, 0.717) is 16.7 Å². The molecule has 0 spiro atoms. The second-order valence-electron chi connectivity index (χ2n) is 8.93. The zero-order chi connectivity index (χ0) is 19.1. The molecule has 0 aromatic rings. The molecule has 148 valence electrons. The molecule has 0 N–H and O–H groups in total. The Hall–Kier alpha value is 0.124. The summed E-state index contributed by atoms with van der Waals surface area (Å²) in [6.45, 7) is 21.9. The quantitative estimate of drug-likeness (QED) is 0.272. The average Bonchev–Trinajstić information content (AvgIpc) is 2.96. The molecule has 0 heterocycles. The van der Waals surface area contributed by atoms with E-state index in [-0.39, 0.29) is 24.8 Å². The number of hydrogen-bond donors (Lipinski definition) is 0. The van der Waals surface area contributed by atoms with Gasteiger partial charge in [0.15, 0.2) is 0 Å². The first-order valence-electron chi connectivity index (χ1n) is 8.85. The Balaban J connectivity index is -0.000000319. The number of allylic oxidation sites excluding steroid dienone is 8. The topological polar surface area (TPSA) is 0 Å². The summed E-state index contributed by atoms with van der Waals surface area (Å²) in [7, 11) is 0. The van der Waals surface area contributed by atoms with Gasteiger partial charge in [0.1, 0.15) is 0 Å². The van der Waals surface area contributed by atoms with Gasteiger partial charge < -0.3 is 0 Å². The van der Waals surface area contributed by atoms with E-state index in [4.69, 9.17) is 0 Å². The minimum atomic E-state index is 0. The third kappa shape index (κ3) is 14.2. The molecule has 0 aromatic heterocycles. The van der Waals surface area contributed by atoms with E-state index in [1.54, 1.807) is 0 Å². The normalized spacial score (nSPS) is 18.0. The third-order valence-corrected chi connectivity index (χ3v) is 3.71. The summed E-state index contributed by atoms with van der Waals surface area (Å²) in [6.07, 6.45) is 14.2. The Bertz CT molecular complexity index is 546. The Morgan fingerprint density at radius 2 is 1.50 bits per heavy atom. The van der Waals surface area contributed by atoms with Gasteiger partial charge in [0, 0.05) is 0 Å². The van der Waals surface area contributed by atoms with Crippen LogP contribution < -0.4 is 0 Å². The van der Waals surface area contributed by atoms with Crippen LogP contribution in [0.2, 0.25) is 0 Å². The van der Waals surface area contributed by atoms with E-state index < -0.39 is 0 Å². The van der Waals surface area contributed by atoms with E-state index in [2.05, 4.69) is 120 Å². The molecule has 0 saturated carbocycles. The molecule has 1 atom stereocenters. The maximum Gasteiger partial charge on any atom is -0.147 e. The zero-order valence-electron chi connectivity index (χ0n) is 18.3. The third-order valence-electron chi connectivity index (χ3n) is 3.71. The van der Waals surface area contributed by atoms with Crippen LogP contribution in [0.5, 0.6) is 0 Å². The summed E-state index contributed by atoms with van der Waals surface area (Å²) < 4.78 is 1.42. The number of hydrogen-bond acceptors (Lipinski definition) is 0. The van der Waals surface area contributed by atoms with Crippen molar-refractivity contribution in [2.24, 2.45) is 16.7 Å². The fourth-order valence-corrected chi connectivity index (χ4v) is 2.13. The van der Waals surface area contributed by atoms with Crippen LogP contribution in [0.25, 0.3) is 0 Å². The van der Waals surface area contributed by atoms with Crippen molar-refractivity contribution in [2.45, 2.75) is 75.7 Å². The molecular formula is C23H38Cl2Ti. The summed E-state index contributed by atoms with van der Waals surface area (Å²) >= 11 is 2.08. The fraction of sp³-hybridized carbons (Fsp3) is 0.609. The first-order chi connectivity index (χ1) is 10.7. The van der Waals surface area contributed by atoms with Crippen LogP contribution in [0, 0.1) is 28.9 Å². The van der Waals surface area contributed by atoms with Gasteiger partial charge in [-0.3, -0.25) is 12.2 Å². The molecule has 2 aliphatic rings. The van der Waals surface area contributed by atoms with Crippen molar-refractivity contribution in [3.63, 3.8) is 0 Å². The van der Waals surface area contributed by atoms with Crippen molar-refractivity contribution in [1.29, 1.82) is 0 Å². The summed E-state index contributed by atoms with van der Waals surface area (Å²) in [5.74, 6) is 0.522. The molecule has 0 saturated heterocycles. The Kier molecular flexibility index (Phi) is 15.8. The van der Waals surface area contributed by atoms with Gasteiger partial charge in [0.2, 0.25) is 0 Å². The summed E-state index contributed by atoms with van der Waals surface area (Å²) in [4.78, 5) is 0. The van der Waals surface area contributed by atoms with Gasteiger partial charge in [-0.1, -0.05) is 66.7 Å². The Morgan fingerprint density at radius 3 is 1.65 bits per heavy atom. The second kappa shape index (κ2) is 13.3. The Morgan fingerprint density at radius 1 is 1.04 bits per heavy atom. The van der Waals surface area contributed by atoms with Crippen LogP contribution in [-0.2, 0) is 20.0 Å². The molecule has 2 rings (SSSR count). The van der Waals surface area contributed by atoms with Crippen molar-refractivity contribution in [3.8, 4) is 0 Å². The SMILES string of the molecule is CC1=[C-]CC(C(C)(C)C)=C1.CC1[C-]=CC(C(C)(C)C)=C1.C[C](C)=[Ti+2].Cl.Cl. The molecule has 0 amide bonds. The second-order valence-corrected chi connectivity index (χ2v) is 10.5. The minimum Gasteiger partial charge on any atom is -0.147 e. The Labute approximate surface area is 187 Å². The first-order valence-corrected chi connectivity index (χ1v) is 9.63. The predicted molar refractivity (Wildman–Crippen MR) is 120 cm³/mol. The maximum absolute atomic E-state index is 3.30. The summed E-state index contributed by atoms with van der Waals surface area (Å²) in [5.41, 5.74) is 4.86. The van der Waals surface area contributed by atoms with Crippen LogP contribution in [0.4, 0.5) is 0 Å². The molecule has 0 nitrogen and oxygen atoms in total. The van der Waals surface area contributed by atoms with E-state index in [1.165, 1.54) is 20.5 Å². The standard InChI is InChI=1S/2C10H15.C3H6.2ClH.Ti/c2*1-8-5-6-9(7-8)10(2,3)4;1-3-2;;;/h7H,6H2,1-4H3;6-8H,1-4H3;1-2H3;2*1H;/q2*-1;;;;+2. The molecule has 3 heteroatoms. The van der Waals surface area contributed by atoms with Crippen molar-refractivity contribution in [1.82, 2.24) is 0 Å². The van der Waals surface area contributed by atoms with E-state index in [1.807, 2.05) is 0 Å². The van der Waals surface area contributed by atoms with Gasteiger partial charge in [-0.25, -0.2) is 17.7 Å². The molecule has 0 fully saturated rings. The first kappa shape index (κ1) is 30.8. The van der Waals surface area contributed by atoms with Gasteiger partial charge in [-0.2, -0.15) is 17.2 Å². The van der Waals surface area contributed by atoms with Crippen LogP contribution in [-0.4, -0.2) is 3.81 Å². The summed E-state index contributed by atoms with van der Waals surface area (Å²) in [5, 5.41) is 0. The van der Waals surface area contributed by atoms with Crippen molar-refractivity contribution < 1.29 is 20.0 Å². The molecular weight excluding hydrogens is 395 g/mol. The van der Waals surface area contributed by atoms with Gasteiger partial charge in [0.25, 0.3) is 0 Å². The molecule has 0 aliphatic heterocycles. The van der Waals surface area contributed by atoms with Crippen LogP contribution in [0.1, 0.15) is 75.7 Å².